The van der Waals surface area contributed by atoms with E-state index in [9.17, 15) is 0 Å². The minimum absolute atomic E-state index is 0.514. The zero-order valence-corrected chi connectivity index (χ0v) is 11.4. The van der Waals surface area contributed by atoms with Crippen LogP contribution in [0.2, 0.25) is 0 Å². The number of rotatable bonds is 4. The lowest BCUT2D eigenvalue weighted by Gasteiger charge is -2.10. The summed E-state index contributed by atoms with van der Waals surface area (Å²) < 4.78 is 0. The van der Waals surface area contributed by atoms with Crippen molar-refractivity contribution in [2.45, 2.75) is 26.2 Å². The van der Waals surface area contributed by atoms with Crippen LogP contribution in [-0.2, 0) is 0 Å². The summed E-state index contributed by atoms with van der Waals surface area (Å²) in [7, 11) is -1.40. The molecule has 1 unspecified atom stereocenters. The van der Waals surface area contributed by atoms with Crippen LogP contribution >= 0.6 is 0 Å². The Morgan fingerprint density at radius 1 is 0.895 bits per heavy atom. The topological polar surface area (TPSA) is 40.5 Å². The number of hydrogen-bond donors (Lipinski definition) is 2. The highest BCUT2D eigenvalue weighted by Crippen LogP contribution is 2.23. The molecule has 0 heterocycles. The molecule has 3 heteroatoms. The van der Waals surface area contributed by atoms with Crippen molar-refractivity contribution in [2.75, 3.05) is 0 Å². The molecular formula is C16H19BO2. The van der Waals surface area contributed by atoms with Crippen molar-refractivity contribution in [1.82, 2.24) is 0 Å². The van der Waals surface area contributed by atoms with E-state index < -0.39 is 7.12 Å². The summed E-state index contributed by atoms with van der Waals surface area (Å²) in [5, 5.41) is 18.1. The Balaban J connectivity index is 2.22. The maximum Gasteiger partial charge on any atom is 0.488 e. The highest BCUT2D eigenvalue weighted by Gasteiger charge is 2.10. The summed E-state index contributed by atoms with van der Waals surface area (Å²) in [5.41, 5.74) is 4.10. The van der Waals surface area contributed by atoms with Crippen LogP contribution in [0.15, 0.2) is 48.5 Å². The Bertz CT molecular complexity index is 517. The summed E-state index contributed by atoms with van der Waals surface area (Å²) in [4.78, 5) is 0. The van der Waals surface area contributed by atoms with Gasteiger partial charge < -0.3 is 10.0 Å². The second-order valence-corrected chi connectivity index (χ2v) is 4.93. The van der Waals surface area contributed by atoms with Crippen LogP contribution in [-0.4, -0.2) is 17.2 Å². The molecule has 2 aromatic carbocycles. The van der Waals surface area contributed by atoms with E-state index >= 15 is 0 Å². The first kappa shape index (κ1) is 13.8. The van der Waals surface area contributed by atoms with Crippen LogP contribution in [0.1, 0.15) is 31.7 Å². The van der Waals surface area contributed by atoms with E-state index in [1.807, 2.05) is 12.1 Å². The van der Waals surface area contributed by atoms with Crippen molar-refractivity contribution in [3.8, 4) is 11.1 Å². The van der Waals surface area contributed by atoms with Gasteiger partial charge in [-0.25, -0.2) is 0 Å². The van der Waals surface area contributed by atoms with E-state index in [0.29, 0.717) is 11.4 Å². The zero-order chi connectivity index (χ0) is 13.8. The minimum atomic E-state index is -1.40. The van der Waals surface area contributed by atoms with Gasteiger partial charge in [0.2, 0.25) is 0 Å². The highest BCUT2D eigenvalue weighted by atomic mass is 16.4. The van der Waals surface area contributed by atoms with Crippen molar-refractivity contribution < 1.29 is 10.0 Å². The van der Waals surface area contributed by atoms with Crippen LogP contribution in [0.25, 0.3) is 11.1 Å². The van der Waals surface area contributed by atoms with Gasteiger partial charge in [-0.05, 0) is 34.5 Å². The van der Waals surface area contributed by atoms with Gasteiger partial charge in [0.1, 0.15) is 0 Å². The predicted molar refractivity (Wildman–Crippen MR) is 80.4 cm³/mol. The van der Waals surface area contributed by atoms with Gasteiger partial charge in [0.15, 0.2) is 0 Å². The summed E-state index contributed by atoms with van der Waals surface area (Å²) >= 11 is 0. The van der Waals surface area contributed by atoms with Crippen molar-refractivity contribution in [1.29, 1.82) is 0 Å². The molecule has 0 fully saturated rings. The second kappa shape index (κ2) is 6.05. The maximum absolute atomic E-state index is 9.07. The molecule has 98 valence electrons. The standard InChI is InChI=1S/C16H19BO2/c1-3-12(2)13-4-6-14(7-5-13)15-8-10-16(11-9-15)17(18)19/h4-12,18-19H,3H2,1-2H3. The van der Waals surface area contributed by atoms with Gasteiger partial charge in [0.25, 0.3) is 0 Å². The fourth-order valence-electron chi connectivity index (χ4n) is 2.09. The molecule has 0 aromatic heterocycles. The van der Waals surface area contributed by atoms with Gasteiger partial charge in [-0.3, -0.25) is 0 Å². The molecule has 0 bridgehead atoms. The van der Waals surface area contributed by atoms with Gasteiger partial charge in [-0.15, -0.1) is 0 Å². The molecule has 2 N–H and O–H groups in total. The zero-order valence-electron chi connectivity index (χ0n) is 11.4. The van der Waals surface area contributed by atoms with E-state index in [1.54, 1.807) is 12.1 Å². The number of benzene rings is 2. The average Bonchev–Trinajstić information content (AvgIpc) is 2.46. The van der Waals surface area contributed by atoms with Crippen molar-refractivity contribution in [3.05, 3.63) is 54.1 Å². The van der Waals surface area contributed by atoms with E-state index in [4.69, 9.17) is 10.0 Å². The molecule has 0 saturated heterocycles. The Morgan fingerprint density at radius 3 is 1.79 bits per heavy atom. The Labute approximate surface area is 114 Å². The molecule has 0 amide bonds. The van der Waals surface area contributed by atoms with Gasteiger partial charge in [-0.2, -0.15) is 0 Å². The monoisotopic (exact) mass is 254 g/mol. The number of hydrogen-bond acceptors (Lipinski definition) is 2. The first-order chi connectivity index (χ1) is 9.11. The van der Waals surface area contributed by atoms with E-state index in [-0.39, 0.29) is 0 Å². The molecule has 2 nitrogen and oxygen atoms in total. The second-order valence-electron chi connectivity index (χ2n) is 4.93. The molecule has 0 aliphatic heterocycles. The van der Waals surface area contributed by atoms with Crippen molar-refractivity contribution in [3.63, 3.8) is 0 Å². The lowest BCUT2D eigenvalue weighted by Crippen LogP contribution is -2.29. The largest absolute Gasteiger partial charge is 0.488 e. The van der Waals surface area contributed by atoms with Gasteiger partial charge in [-0.1, -0.05) is 62.4 Å². The molecule has 0 aliphatic carbocycles. The third-order valence-electron chi connectivity index (χ3n) is 3.63. The smallest absolute Gasteiger partial charge is 0.423 e. The van der Waals surface area contributed by atoms with Gasteiger partial charge in [0, 0.05) is 0 Å². The fourth-order valence-corrected chi connectivity index (χ4v) is 2.09. The lowest BCUT2D eigenvalue weighted by atomic mass is 9.80. The van der Waals surface area contributed by atoms with E-state index in [2.05, 4.69) is 38.1 Å². The highest BCUT2D eigenvalue weighted by molar-refractivity contribution is 6.58. The molecule has 2 rings (SSSR count). The molecule has 0 saturated carbocycles. The minimum Gasteiger partial charge on any atom is -0.423 e. The summed E-state index contributed by atoms with van der Waals surface area (Å²) in [6.45, 7) is 4.42. The van der Waals surface area contributed by atoms with Crippen LogP contribution in [0.4, 0.5) is 0 Å². The molecule has 0 radical (unpaired) electrons. The predicted octanol–water partition coefficient (Wildman–Crippen LogP) is 2.55. The molecular weight excluding hydrogens is 235 g/mol. The normalized spacial score (nSPS) is 12.2. The maximum atomic E-state index is 9.07. The quantitative estimate of drug-likeness (QED) is 0.823. The van der Waals surface area contributed by atoms with Gasteiger partial charge >= 0.3 is 7.12 Å². The molecule has 2 aromatic rings. The summed E-state index contributed by atoms with van der Waals surface area (Å²) in [5.74, 6) is 0.584. The SMILES string of the molecule is CCC(C)c1ccc(-c2ccc(B(O)O)cc2)cc1. The van der Waals surface area contributed by atoms with Crippen LogP contribution in [0, 0.1) is 0 Å². The van der Waals surface area contributed by atoms with Crippen molar-refractivity contribution >= 4 is 12.6 Å². The van der Waals surface area contributed by atoms with Crippen LogP contribution in [0.5, 0.6) is 0 Å². The third kappa shape index (κ3) is 3.25. The summed E-state index contributed by atoms with van der Waals surface area (Å²) in [6, 6.07) is 15.9. The van der Waals surface area contributed by atoms with Crippen LogP contribution < -0.4 is 5.46 Å². The summed E-state index contributed by atoms with van der Waals surface area (Å²) in [6.07, 6.45) is 1.14. The molecule has 0 spiro atoms. The Kier molecular flexibility index (Phi) is 4.41. The molecule has 1 atom stereocenters. The lowest BCUT2D eigenvalue weighted by molar-refractivity contribution is 0.426. The van der Waals surface area contributed by atoms with E-state index in [1.165, 1.54) is 5.56 Å². The fraction of sp³-hybridized carbons (Fsp3) is 0.250. The average molecular weight is 254 g/mol. The Hall–Kier alpha value is -1.58. The molecule has 19 heavy (non-hydrogen) atoms. The first-order valence-corrected chi connectivity index (χ1v) is 6.68. The van der Waals surface area contributed by atoms with Crippen molar-refractivity contribution in [2.24, 2.45) is 0 Å². The molecule has 0 aliphatic rings. The Morgan fingerprint density at radius 2 is 1.37 bits per heavy atom. The van der Waals surface area contributed by atoms with E-state index in [0.717, 1.165) is 17.5 Å². The van der Waals surface area contributed by atoms with Gasteiger partial charge in [0.05, 0.1) is 0 Å². The first-order valence-electron chi connectivity index (χ1n) is 6.68. The third-order valence-corrected chi connectivity index (χ3v) is 3.63. The van der Waals surface area contributed by atoms with Crippen LogP contribution in [0.3, 0.4) is 0 Å².